The van der Waals surface area contributed by atoms with E-state index in [4.69, 9.17) is 4.74 Å². The van der Waals surface area contributed by atoms with Crippen LogP contribution < -0.4 is 0 Å². The molecular formula is C22H29N3O3S. The first-order chi connectivity index (χ1) is 14.2. The van der Waals surface area contributed by atoms with Gasteiger partial charge >= 0.3 is 0 Å². The van der Waals surface area contributed by atoms with Crippen molar-refractivity contribution in [3.05, 3.63) is 30.5 Å². The van der Waals surface area contributed by atoms with Gasteiger partial charge in [0.2, 0.25) is 11.8 Å². The number of fused-ring (bicyclic) bond motifs is 1. The van der Waals surface area contributed by atoms with E-state index in [2.05, 4.69) is 6.07 Å². The molecule has 7 heteroatoms. The molecule has 4 rings (SSSR count). The van der Waals surface area contributed by atoms with Crippen LogP contribution in [-0.2, 0) is 20.9 Å². The second-order valence-electron chi connectivity index (χ2n) is 7.72. The van der Waals surface area contributed by atoms with Crippen molar-refractivity contribution in [1.29, 1.82) is 0 Å². The molecule has 1 aromatic heterocycles. The molecule has 2 aliphatic rings. The van der Waals surface area contributed by atoms with E-state index in [9.17, 15) is 9.59 Å². The van der Waals surface area contributed by atoms with Gasteiger partial charge in [0.25, 0.3) is 0 Å². The van der Waals surface area contributed by atoms with Gasteiger partial charge in [0, 0.05) is 48.2 Å². The van der Waals surface area contributed by atoms with Gasteiger partial charge < -0.3 is 19.1 Å². The largest absolute Gasteiger partial charge is 0.378 e. The van der Waals surface area contributed by atoms with Crippen molar-refractivity contribution in [3.8, 4) is 0 Å². The summed E-state index contributed by atoms with van der Waals surface area (Å²) in [5.41, 5.74) is 1.04. The zero-order valence-electron chi connectivity index (χ0n) is 16.8. The van der Waals surface area contributed by atoms with Crippen LogP contribution in [0.15, 0.2) is 35.4 Å². The minimum atomic E-state index is 0.117. The quantitative estimate of drug-likeness (QED) is 0.705. The van der Waals surface area contributed by atoms with Gasteiger partial charge in [-0.05, 0) is 18.9 Å². The molecule has 0 N–H and O–H groups in total. The highest BCUT2D eigenvalue weighted by Gasteiger charge is 2.20. The van der Waals surface area contributed by atoms with Gasteiger partial charge in [0.05, 0.1) is 19.0 Å². The Balaban J connectivity index is 1.45. The van der Waals surface area contributed by atoms with Crippen LogP contribution in [-0.4, -0.2) is 71.3 Å². The number of amides is 2. The Bertz CT molecular complexity index is 852. The molecule has 0 radical (unpaired) electrons. The maximum atomic E-state index is 12.7. The average Bonchev–Trinajstić information content (AvgIpc) is 2.93. The number of para-hydroxylation sites is 1. The summed E-state index contributed by atoms with van der Waals surface area (Å²) in [6, 6.07) is 8.12. The van der Waals surface area contributed by atoms with Crippen molar-refractivity contribution in [1.82, 2.24) is 14.4 Å². The van der Waals surface area contributed by atoms with Crippen LogP contribution in [0.4, 0.5) is 0 Å². The SMILES string of the molecule is O=C(CSc1cn(CC(=O)N2CCOCC2)c2ccccc12)N1CCCCCC1. The lowest BCUT2D eigenvalue weighted by atomic mass is 10.2. The van der Waals surface area contributed by atoms with E-state index in [0.717, 1.165) is 41.7 Å². The smallest absolute Gasteiger partial charge is 0.242 e. The maximum Gasteiger partial charge on any atom is 0.242 e. The molecule has 0 aliphatic carbocycles. The van der Waals surface area contributed by atoms with Crippen LogP contribution >= 0.6 is 11.8 Å². The molecule has 0 unspecified atom stereocenters. The van der Waals surface area contributed by atoms with Gasteiger partial charge in [-0.25, -0.2) is 0 Å². The molecule has 29 heavy (non-hydrogen) atoms. The molecule has 2 saturated heterocycles. The van der Waals surface area contributed by atoms with Crippen LogP contribution in [0.2, 0.25) is 0 Å². The Morgan fingerprint density at radius 2 is 1.59 bits per heavy atom. The number of hydrogen-bond donors (Lipinski definition) is 0. The number of aromatic nitrogens is 1. The predicted octanol–water partition coefficient (Wildman–Crippen LogP) is 2.99. The monoisotopic (exact) mass is 415 g/mol. The fraction of sp³-hybridized carbons (Fsp3) is 0.545. The second-order valence-corrected chi connectivity index (χ2v) is 8.73. The van der Waals surface area contributed by atoms with E-state index in [1.807, 2.05) is 38.8 Å². The molecule has 156 valence electrons. The summed E-state index contributed by atoms with van der Waals surface area (Å²) < 4.78 is 7.37. The minimum absolute atomic E-state index is 0.117. The first-order valence-corrected chi connectivity index (χ1v) is 11.5. The highest BCUT2D eigenvalue weighted by molar-refractivity contribution is 8.00. The summed E-state index contributed by atoms with van der Waals surface area (Å²) in [7, 11) is 0. The molecule has 2 aliphatic heterocycles. The molecule has 6 nitrogen and oxygen atoms in total. The topological polar surface area (TPSA) is 54.8 Å². The summed E-state index contributed by atoms with van der Waals surface area (Å²) in [5.74, 6) is 0.787. The van der Waals surface area contributed by atoms with Crippen LogP contribution in [0.25, 0.3) is 10.9 Å². The highest BCUT2D eigenvalue weighted by Crippen LogP contribution is 2.30. The molecule has 2 fully saturated rings. The molecule has 1 aromatic carbocycles. The van der Waals surface area contributed by atoms with Crippen molar-refractivity contribution in [2.24, 2.45) is 0 Å². The van der Waals surface area contributed by atoms with Crippen molar-refractivity contribution in [3.63, 3.8) is 0 Å². The first-order valence-electron chi connectivity index (χ1n) is 10.6. The molecule has 2 amide bonds. The van der Waals surface area contributed by atoms with Gasteiger partial charge in [0.1, 0.15) is 6.54 Å². The number of morpholine rings is 1. The highest BCUT2D eigenvalue weighted by atomic mass is 32.2. The van der Waals surface area contributed by atoms with Crippen LogP contribution in [0, 0.1) is 0 Å². The maximum absolute atomic E-state index is 12.7. The Morgan fingerprint density at radius 1 is 0.897 bits per heavy atom. The standard InChI is InChI=1S/C22H29N3O3S/c26-21(24-11-13-28-14-12-24)16-25-15-20(18-7-3-4-8-19(18)25)29-17-22(27)23-9-5-1-2-6-10-23/h3-4,7-8,15H,1-2,5-6,9-14,16-17H2. The number of ether oxygens (including phenoxy) is 1. The molecule has 3 heterocycles. The molecule has 2 aromatic rings. The number of thioether (sulfide) groups is 1. The van der Waals surface area contributed by atoms with Gasteiger partial charge in [0.15, 0.2) is 0 Å². The Kier molecular flexibility index (Phi) is 6.77. The second kappa shape index (κ2) is 9.67. The third-order valence-corrected chi connectivity index (χ3v) is 6.76. The van der Waals surface area contributed by atoms with Crippen LogP contribution in [0.5, 0.6) is 0 Å². The Labute approximate surface area is 176 Å². The lowest BCUT2D eigenvalue weighted by Gasteiger charge is -2.27. The van der Waals surface area contributed by atoms with Crippen molar-refractivity contribution >= 4 is 34.5 Å². The number of nitrogens with zero attached hydrogens (tertiary/aromatic N) is 3. The van der Waals surface area contributed by atoms with Gasteiger partial charge in [-0.1, -0.05) is 31.0 Å². The molecule has 0 bridgehead atoms. The van der Waals surface area contributed by atoms with Gasteiger partial charge in [-0.2, -0.15) is 0 Å². The summed E-state index contributed by atoms with van der Waals surface area (Å²) in [5, 5.41) is 1.11. The van der Waals surface area contributed by atoms with Crippen LogP contribution in [0.1, 0.15) is 25.7 Å². The van der Waals surface area contributed by atoms with E-state index in [1.165, 1.54) is 12.8 Å². The third kappa shape index (κ3) is 4.95. The van der Waals surface area contributed by atoms with E-state index in [-0.39, 0.29) is 11.8 Å². The lowest BCUT2D eigenvalue weighted by molar-refractivity contribution is -0.135. The Hall–Kier alpha value is -1.99. The summed E-state index contributed by atoms with van der Waals surface area (Å²) in [6.45, 7) is 4.62. The van der Waals surface area contributed by atoms with Crippen molar-refractivity contribution < 1.29 is 14.3 Å². The van der Waals surface area contributed by atoms with E-state index in [1.54, 1.807) is 11.8 Å². The number of rotatable bonds is 5. The number of likely N-dealkylation sites (tertiary alicyclic amines) is 1. The van der Waals surface area contributed by atoms with Gasteiger partial charge in [-0.15, -0.1) is 11.8 Å². The molecular weight excluding hydrogens is 386 g/mol. The first kappa shape index (κ1) is 20.3. The Morgan fingerprint density at radius 3 is 2.34 bits per heavy atom. The number of hydrogen-bond acceptors (Lipinski definition) is 4. The van der Waals surface area contributed by atoms with Gasteiger partial charge in [-0.3, -0.25) is 9.59 Å². The number of carbonyl (C=O) groups excluding carboxylic acids is 2. The third-order valence-electron chi connectivity index (χ3n) is 5.73. The zero-order chi connectivity index (χ0) is 20.1. The van der Waals surface area contributed by atoms with E-state index >= 15 is 0 Å². The van der Waals surface area contributed by atoms with Crippen molar-refractivity contribution in [2.45, 2.75) is 37.1 Å². The number of carbonyl (C=O) groups is 2. The van der Waals surface area contributed by atoms with Crippen LogP contribution in [0.3, 0.4) is 0 Å². The lowest BCUT2D eigenvalue weighted by Crippen LogP contribution is -2.42. The van der Waals surface area contributed by atoms with Crippen molar-refractivity contribution in [2.75, 3.05) is 45.1 Å². The van der Waals surface area contributed by atoms with E-state index in [0.29, 0.717) is 38.6 Å². The average molecular weight is 416 g/mol. The number of benzene rings is 1. The predicted molar refractivity (Wildman–Crippen MR) is 115 cm³/mol. The minimum Gasteiger partial charge on any atom is -0.378 e. The molecule has 0 saturated carbocycles. The fourth-order valence-electron chi connectivity index (χ4n) is 4.07. The summed E-state index contributed by atoms with van der Waals surface area (Å²) in [4.78, 5) is 30.3. The molecule has 0 spiro atoms. The normalized spacial score (nSPS) is 18.1. The fourth-order valence-corrected chi connectivity index (χ4v) is 5.06. The zero-order valence-corrected chi connectivity index (χ0v) is 17.7. The summed E-state index contributed by atoms with van der Waals surface area (Å²) in [6.07, 6.45) is 6.70. The summed E-state index contributed by atoms with van der Waals surface area (Å²) >= 11 is 1.59. The molecule has 0 atom stereocenters. The van der Waals surface area contributed by atoms with E-state index < -0.39 is 0 Å².